The number of aryl methyl sites for hydroxylation is 1. The number of nitrogens with one attached hydrogen (secondary N) is 1. The third-order valence-electron chi connectivity index (χ3n) is 2.59. The molecule has 0 bridgehead atoms. The highest BCUT2D eigenvalue weighted by molar-refractivity contribution is 7.11. The van der Waals surface area contributed by atoms with Crippen LogP contribution in [0.4, 0.5) is 0 Å². The fraction of sp³-hybridized carbons (Fsp3) is 0.308. The van der Waals surface area contributed by atoms with Gasteiger partial charge in [-0.3, -0.25) is 0 Å². The van der Waals surface area contributed by atoms with Crippen molar-refractivity contribution in [3.05, 3.63) is 45.4 Å². The Morgan fingerprint density at radius 2 is 2.11 bits per heavy atom. The van der Waals surface area contributed by atoms with Crippen LogP contribution >= 0.6 is 11.3 Å². The van der Waals surface area contributed by atoms with E-state index in [9.17, 15) is 4.79 Å². The number of aromatic nitrogens is 2. The molecule has 0 aliphatic heterocycles. The van der Waals surface area contributed by atoms with Crippen LogP contribution in [0.25, 0.3) is 0 Å². The van der Waals surface area contributed by atoms with E-state index in [1.165, 1.54) is 0 Å². The van der Waals surface area contributed by atoms with Crippen molar-refractivity contribution < 1.29 is 9.90 Å². The van der Waals surface area contributed by atoms with E-state index >= 15 is 0 Å². The predicted molar refractivity (Wildman–Crippen MR) is 73.2 cm³/mol. The summed E-state index contributed by atoms with van der Waals surface area (Å²) in [6.07, 6.45) is 0.901. The minimum atomic E-state index is -0.904. The molecule has 2 aromatic rings. The molecule has 19 heavy (non-hydrogen) atoms. The van der Waals surface area contributed by atoms with Crippen LogP contribution in [-0.2, 0) is 19.5 Å². The number of carboxylic acid groups (broad SMARTS) is 1. The summed E-state index contributed by atoms with van der Waals surface area (Å²) in [6, 6.07) is 6.91. The van der Waals surface area contributed by atoms with Gasteiger partial charge in [-0.25, -0.2) is 4.79 Å². The molecule has 2 N–H and O–H groups in total. The summed E-state index contributed by atoms with van der Waals surface area (Å²) in [5.74, 6) is -0.904. The first kappa shape index (κ1) is 13.6. The average molecular weight is 277 g/mol. The van der Waals surface area contributed by atoms with Gasteiger partial charge in [0.25, 0.3) is 0 Å². The van der Waals surface area contributed by atoms with Gasteiger partial charge in [0.15, 0.2) is 0 Å². The molecular formula is C13H15N3O2S. The van der Waals surface area contributed by atoms with Gasteiger partial charge in [-0.1, -0.05) is 19.1 Å². The number of hydrogen-bond donors (Lipinski definition) is 2. The second kappa shape index (κ2) is 6.40. The zero-order valence-corrected chi connectivity index (χ0v) is 11.4. The van der Waals surface area contributed by atoms with Gasteiger partial charge in [0.1, 0.15) is 10.0 Å². The molecule has 0 radical (unpaired) electrons. The highest BCUT2D eigenvalue weighted by Crippen LogP contribution is 2.10. The SMILES string of the molecule is CCc1nnc(CNCc2cccc(C(=O)O)c2)s1. The van der Waals surface area contributed by atoms with Gasteiger partial charge in [0, 0.05) is 13.1 Å². The van der Waals surface area contributed by atoms with E-state index < -0.39 is 5.97 Å². The molecule has 0 spiro atoms. The van der Waals surface area contributed by atoms with Crippen LogP contribution in [0.5, 0.6) is 0 Å². The molecule has 0 saturated heterocycles. The van der Waals surface area contributed by atoms with Crippen LogP contribution in [0.3, 0.4) is 0 Å². The molecule has 100 valence electrons. The van der Waals surface area contributed by atoms with Crippen molar-refractivity contribution >= 4 is 17.3 Å². The molecule has 0 fully saturated rings. The number of hydrogen-bond acceptors (Lipinski definition) is 5. The smallest absolute Gasteiger partial charge is 0.335 e. The summed E-state index contributed by atoms with van der Waals surface area (Å²) in [6.45, 7) is 3.31. The highest BCUT2D eigenvalue weighted by atomic mass is 32.1. The number of rotatable bonds is 6. The largest absolute Gasteiger partial charge is 0.478 e. The van der Waals surface area contributed by atoms with Gasteiger partial charge in [0.05, 0.1) is 5.56 Å². The zero-order valence-electron chi connectivity index (χ0n) is 10.6. The Morgan fingerprint density at radius 3 is 2.79 bits per heavy atom. The van der Waals surface area contributed by atoms with E-state index in [4.69, 9.17) is 5.11 Å². The lowest BCUT2D eigenvalue weighted by Gasteiger charge is -2.03. The van der Waals surface area contributed by atoms with Crippen LogP contribution < -0.4 is 5.32 Å². The average Bonchev–Trinajstić information content (AvgIpc) is 2.87. The Hall–Kier alpha value is -1.79. The maximum atomic E-state index is 10.8. The third kappa shape index (κ3) is 3.84. The van der Waals surface area contributed by atoms with E-state index in [2.05, 4.69) is 22.4 Å². The van der Waals surface area contributed by atoms with Gasteiger partial charge in [-0.2, -0.15) is 0 Å². The molecule has 0 aliphatic rings. The summed E-state index contributed by atoms with van der Waals surface area (Å²) < 4.78 is 0. The van der Waals surface area contributed by atoms with Crippen LogP contribution in [0.2, 0.25) is 0 Å². The van der Waals surface area contributed by atoms with Crippen molar-refractivity contribution in [1.29, 1.82) is 0 Å². The fourth-order valence-electron chi connectivity index (χ4n) is 1.63. The number of nitrogens with zero attached hydrogens (tertiary/aromatic N) is 2. The van der Waals surface area contributed by atoms with Crippen molar-refractivity contribution in [3.63, 3.8) is 0 Å². The lowest BCUT2D eigenvalue weighted by molar-refractivity contribution is 0.0696. The molecule has 0 atom stereocenters. The lowest BCUT2D eigenvalue weighted by Crippen LogP contribution is -2.13. The molecule has 0 aliphatic carbocycles. The Labute approximate surface area is 115 Å². The van der Waals surface area contributed by atoms with Crippen molar-refractivity contribution in [2.75, 3.05) is 0 Å². The van der Waals surface area contributed by atoms with E-state index in [0.717, 1.165) is 22.0 Å². The second-order valence-corrected chi connectivity index (χ2v) is 5.20. The number of carboxylic acids is 1. The first-order valence-electron chi connectivity index (χ1n) is 6.03. The maximum Gasteiger partial charge on any atom is 0.335 e. The quantitative estimate of drug-likeness (QED) is 0.845. The van der Waals surface area contributed by atoms with Crippen LogP contribution in [0.1, 0.15) is 32.9 Å². The molecule has 0 unspecified atom stereocenters. The van der Waals surface area contributed by atoms with E-state index in [1.807, 2.05) is 6.07 Å². The van der Waals surface area contributed by atoms with Crippen molar-refractivity contribution in [1.82, 2.24) is 15.5 Å². The fourth-order valence-corrected chi connectivity index (χ4v) is 2.38. The minimum absolute atomic E-state index is 0.309. The van der Waals surface area contributed by atoms with Gasteiger partial charge >= 0.3 is 5.97 Å². The molecule has 5 nitrogen and oxygen atoms in total. The summed E-state index contributed by atoms with van der Waals surface area (Å²) in [5.41, 5.74) is 1.25. The van der Waals surface area contributed by atoms with E-state index in [0.29, 0.717) is 18.7 Å². The van der Waals surface area contributed by atoms with Crippen LogP contribution in [0.15, 0.2) is 24.3 Å². The lowest BCUT2D eigenvalue weighted by atomic mass is 10.1. The summed E-state index contributed by atoms with van der Waals surface area (Å²) in [5, 5.41) is 22.2. The number of carbonyl (C=O) groups is 1. The molecule has 1 heterocycles. The predicted octanol–water partition coefficient (Wildman–Crippen LogP) is 2.09. The Bertz CT molecular complexity index is 569. The molecular weight excluding hydrogens is 262 g/mol. The first-order valence-corrected chi connectivity index (χ1v) is 6.85. The summed E-state index contributed by atoms with van der Waals surface area (Å²) in [4.78, 5) is 10.8. The van der Waals surface area contributed by atoms with Gasteiger partial charge in [0.2, 0.25) is 0 Å². The van der Waals surface area contributed by atoms with Gasteiger partial charge < -0.3 is 10.4 Å². The van der Waals surface area contributed by atoms with E-state index in [1.54, 1.807) is 29.5 Å². The minimum Gasteiger partial charge on any atom is -0.478 e. The maximum absolute atomic E-state index is 10.8. The third-order valence-corrected chi connectivity index (χ3v) is 3.66. The molecule has 2 rings (SSSR count). The summed E-state index contributed by atoms with van der Waals surface area (Å²) in [7, 11) is 0. The number of aromatic carboxylic acids is 1. The molecule has 6 heteroatoms. The van der Waals surface area contributed by atoms with Gasteiger partial charge in [-0.15, -0.1) is 21.5 Å². The second-order valence-electron chi connectivity index (χ2n) is 4.05. The van der Waals surface area contributed by atoms with Gasteiger partial charge in [-0.05, 0) is 24.1 Å². The highest BCUT2D eigenvalue weighted by Gasteiger charge is 2.04. The normalized spacial score (nSPS) is 10.6. The van der Waals surface area contributed by atoms with Crippen molar-refractivity contribution in [2.45, 2.75) is 26.4 Å². The van der Waals surface area contributed by atoms with E-state index in [-0.39, 0.29) is 0 Å². The molecule has 0 saturated carbocycles. The number of benzene rings is 1. The zero-order chi connectivity index (χ0) is 13.7. The standard InChI is InChI=1S/C13H15N3O2S/c1-2-11-15-16-12(19-11)8-14-7-9-4-3-5-10(6-9)13(17)18/h3-6,14H,2,7-8H2,1H3,(H,17,18). The summed E-state index contributed by atoms with van der Waals surface area (Å²) >= 11 is 1.60. The Balaban J connectivity index is 1.88. The molecule has 1 aromatic carbocycles. The topological polar surface area (TPSA) is 75.1 Å². The van der Waals surface area contributed by atoms with Crippen LogP contribution in [0, 0.1) is 0 Å². The molecule has 0 amide bonds. The Kier molecular flexibility index (Phi) is 4.59. The first-order chi connectivity index (χ1) is 9.19. The van der Waals surface area contributed by atoms with Crippen molar-refractivity contribution in [2.24, 2.45) is 0 Å². The monoisotopic (exact) mass is 277 g/mol. The molecule has 1 aromatic heterocycles. The Morgan fingerprint density at radius 1 is 1.32 bits per heavy atom. The van der Waals surface area contributed by atoms with Crippen LogP contribution in [-0.4, -0.2) is 21.3 Å². The van der Waals surface area contributed by atoms with Crippen molar-refractivity contribution in [3.8, 4) is 0 Å².